The Balaban J connectivity index is 1.68. The van der Waals surface area contributed by atoms with Crippen molar-refractivity contribution in [3.8, 4) is 5.75 Å². The van der Waals surface area contributed by atoms with Crippen LogP contribution in [0, 0.1) is 0 Å². The molecule has 0 unspecified atom stereocenters. The minimum Gasteiger partial charge on any atom is -0.482 e. The molecule has 2 heterocycles. The molecule has 7 heteroatoms. The molecule has 0 saturated carbocycles. The van der Waals surface area contributed by atoms with E-state index < -0.39 is 11.9 Å². The van der Waals surface area contributed by atoms with Crippen LogP contribution in [0.25, 0.3) is 0 Å². The summed E-state index contributed by atoms with van der Waals surface area (Å²) in [4.78, 5) is 37.2. The zero-order valence-electron chi connectivity index (χ0n) is 13.1. The van der Waals surface area contributed by atoms with Crippen LogP contribution in [0.1, 0.15) is 21.8 Å². The summed E-state index contributed by atoms with van der Waals surface area (Å²) < 4.78 is 5.34. The van der Waals surface area contributed by atoms with Gasteiger partial charge in [0.2, 0.25) is 0 Å². The molecule has 0 saturated heterocycles. The summed E-state index contributed by atoms with van der Waals surface area (Å²) in [6.07, 6.45) is 0. The van der Waals surface area contributed by atoms with E-state index in [1.165, 1.54) is 4.90 Å². The number of anilines is 2. The summed E-state index contributed by atoms with van der Waals surface area (Å²) >= 11 is 0. The smallest absolute Gasteiger partial charge is 0.312 e. The maximum absolute atomic E-state index is 12.9. The van der Waals surface area contributed by atoms with Crippen LogP contribution in [0.2, 0.25) is 0 Å². The summed E-state index contributed by atoms with van der Waals surface area (Å²) in [5, 5.41) is 12.1. The number of amides is 2. The lowest BCUT2D eigenvalue weighted by molar-refractivity contribution is -0.138. The van der Waals surface area contributed by atoms with Crippen molar-refractivity contribution in [3.05, 3.63) is 53.6 Å². The van der Waals surface area contributed by atoms with Crippen molar-refractivity contribution in [2.75, 3.05) is 23.4 Å². The number of hydrogen-bond donors (Lipinski definition) is 2. The number of benzene rings is 2. The van der Waals surface area contributed by atoms with Crippen molar-refractivity contribution in [1.82, 2.24) is 0 Å². The molecule has 0 aliphatic carbocycles. The molecule has 0 fully saturated rings. The van der Waals surface area contributed by atoms with Gasteiger partial charge in [-0.3, -0.25) is 14.4 Å². The van der Waals surface area contributed by atoms with Crippen molar-refractivity contribution in [2.45, 2.75) is 5.92 Å². The standard InChI is InChI=1S/C18H14N2O5/c21-16-9-25-15-7-10(5-6-13(15)19-16)17(22)20-8-12(18(23)24)11-3-1-2-4-14(11)20/h1-7,12H,8-9H2,(H,19,21)(H,23,24)/t12-/m1/s1. The van der Waals surface area contributed by atoms with Crippen molar-refractivity contribution >= 4 is 29.2 Å². The highest BCUT2D eigenvalue weighted by Gasteiger charge is 2.36. The lowest BCUT2D eigenvalue weighted by atomic mass is 10.0. The lowest BCUT2D eigenvalue weighted by Gasteiger charge is -2.21. The van der Waals surface area contributed by atoms with Gasteiger partial charge < -0.3 is 20.1 Å². The van der Waals surface area contributed by atoms with Gasteiger partial charge in [0.1, 0.15) is 11.7 Å². The van der Waals surface area contributed by atoms with Gasteiger partial charge in [-0.15, -0.1) is 0 Å². The van der Waals surface area contributed by atoms with Crippen LogP contribution in [0.4, 0.5) is 11.4 Å². The van der Waals surface area contributed by atoms with E-state index in [1.54, 1.807) is 42.5 Å². The minimum absolute atomic E-state index is 0.0855. The van der Waals surface area contributed by atoms with Gasteiger partial charge in [0.25, 0.3) is 11.8 Å². The number of carboxylic acid groups (broad SMARTS) is 1. The molecular formula is C18H14N2O5. The summed E-state index contributed by atoms with van der Waals surface area (Å²) in [5.41, 5.74) is 2.12. The molecule has 2 aliphatic rings. The summed E-state index contributed by atoms with van der Waals surface area (Å²) in [6, 6.07) is 11.8. The third-order valence-electron chi connectivity index (χ3n) is 4.37. The maximum atomic E-state index is 12.9. The number of fused-ring (bicyclic) bond motifs is 2. The first kappa shape index (κ1) is 15.2. The zero-order chi connectivity index (χ0) is 17.6. The van der Waals surface area contributed by atoms with E-state index in [9.17, 15) is 19.5 Å². The third kappa shape index (κ3) is 2.50. The van der Waals surface area contributed by atoms with E-state index in [-0.39, 0.29) is 25.0 Å². The van der Waals surface area contributed by atoms with Crippen LogP contribution in [-0.4, -0.2) is 36.0 Å². The monoisotopic (exact) mass is 338 g/mol. The molecular weight excluding hydrogens is 324 g/mol. The number of nitrogens with zero attached hydrogens (tertiary/aromatic N) is 1. The average molecular weight is 338 g/mol. The number of carbonyl (C=O) groups excluding carboxylic acids is 2. The van der Waals surface area contributed by atoms with Crippen LogP contribution in [0.3, 0.4) is 0 Å². The van der Waals surface area contributed by atoms with E-state index in [4.69, 9.17) is 4.74 Å². The van der Waals surface area contributed by atoms with Gasteiger partial charge in [-0.2, -0.15) is 0 Å². The third-order valence-corrected chi connectivity index (χ3v) is 4.37. The number of carbonyl (C=O) groups is 3. The Labute approximate surface area is 142 Å². The SMILES string of the molecule is O=C1COc2cc(C(=O)N3C[C@@H](C(=O)O)c4ccccc43)ccc2N1. The molecule has 4 rings (SSSR count). The molecule has 126 valence electrons. The van der Waals surface area contributed by atoms with Crippen molar-refractivity contribution < 1.29 is 24.2 Å². The van der Waals surface area contributed by atoms with Gasteiger partial charge >= 0.3 is 5.97 Å². The number of ether oxygens (including phenoxy) is 1. The summed E-state index contributed by atoms with van der Waals surface area (Å²) in [5.74, 6) is -1.83. The Morgan fingerprint density at radius 1 is 1.20 bits per heavy atom. The van der Waals surface area contributed by atoms with Crippen LogP contribution in [-0.2, 0) is 9.59 Å². The first-order valence-electron chi connectivity index (χ1n) is 7.75. The fraction of sp³-hybridized carbons (Fsp3) is 0.167. The van der Waals surface area contributed by atoms with E-state index in [0.29, 0.717) is 28.3 Å². The number of para-hydroxylation sites is 1. The molecule has 0 bridgehead atoms. The lowest BCUT2D eigenvalue weighted by Crippen LogP contribution is -2.31. The Kier molecular flexibility index (Phi) is 3.42. The molecule has 0 radical (unpaired) electrons. The molecule has 2 aliphatic heterocycles. The molecule has 0 spiro atoms. The van der Waals surface area contributed by atoms with Crippen LogP contribution in [0.5, 0.6) is 5.75 Å². The Morgan fingerprint density at radius 3 is 2.80 bits per heavy atom. The number of aliphatic carboxylic acids is 1. The van der Waals surface area contributed by atoms with Gasteiger partial charge in [0.15, 0.2) is 6.61 Å². The van der Waals surface area contributed by atoms with Gasteiger partial charge in [-0.1, -0.05) is 18.2 Å². The Bertz CT molecular complexity index is 908. The molecule has 2 aromatic rings. The Hall–Kier alpha value is -3.35. The molecule has 1 atom stereocenters. The molecule has 7 nitrogen and oxygen atoms in total. The van der Waals surface area contributed by atoms with E-state index in [0.717, 1.165) is 0 Å². The molecule has 2 N–H and O–H groups in total. The first-order chi connectivity index (χ1) is 12.0. The Morgan fingerprint density at radius 2 is 2.00 bits per heavy atom. The van der Waals surface area contributed by atoms with Crippen LogP contribution >= 0.6 is 0 Å². The van der Waals surface area contributed by atoms with Crippen molar-refractivity contribution in [3.63, 3.8) is 0 Å². The topological polar surface area (TPSA) is 95.9 Å². The van der Waals surface area contributed by atoms with Crippen LogP contribution in [0.15, 0.2) is 42.5 Å². The fourth-order valence-corrected chi connectivity index (χ4v) is 3.17. The second-order valence-corrected chi connectivity index (χ2v) is 5.91. The number of nitrogens with one attached hydrogen (secondary N) is 1. The second kappa shape index (κ2) is 5.62. The predicted octanol–water partition coefficient (Wildman–Crippen LogP) is 1.85. The maximum Gasteiger partial charge on any atom is 0.312 e. The number of carboxylic acids is 1. The molecule has 0 aromatic heterocycles. The summed E-state index contributed by atoms with van der Waals surface area (Å²) in [7, 11) is 0. The summed E-state index contributed by atoms with van der Waals surface area (Å²) in [6.45, 7) is -0.0134. The normalized spacial score (nSPS) is 18.0. The van der Waals surface area contributed by atoms with E-state index >= 15 is 0 Å². The quantitative estimate of drug-likeness (QED) is 0.871. The molecule has 2 amide bonds. The van der Waals surface area contributed by atoms with Gasteiger partial charge in [0.05, 0.1) is 5.69 Å². The number of hydrogen-bond acceptors (Lipinski definition) is 4. The zero-order valence-corrected chi connectivity index (χ0v) is 13.1. The molecule has 2 aromatic carbocycles. The van der Waals surface area contributed by atoms with Crippen LogP contribution < -0.4 is 15.0 Å². The van der Waals surface area contributed by atoms with Gasteiger partial charge in [0, 0.05) is 17.8 Å². The highest BCUT2D eigenvalue weighted by Crippen LogP contribution is 2.38. The largest absolute Gasteiger partial charge is 0.482 e. The highest BCUT2D eigenvalue weighted by molar-refractivity contribution is 6.09. The van der Waals surface area contributed by atoms with Crippen molar-refractivity contribution in [2.24, 2.45) is 0 Å². The van der Waals surface area contributed by atoms with Crippen molar-refractivity contribution in [1.29, 1.82) is 0 Å². The molecule has 25 heavy (non-hydrogen) atoms. The minimum atomic E-state index is -0.959. The van der Waals surface area contributed by atoms with E-state index in [1.807, 2.05) is 0 Å². The fourth-order valence-electron chi connectivity index (χ4n) is 3.17. The highest BCUT2D eigenvalue weighted by atomic mass is 16.5. The van der Waals surface area contributed by atoms with E-state index in [2.05, 4.69) is 5.32 Å². The van der Waals surface area contributed by atoms with Gasteiger partial charge in [-0.05, 0) is 29.8 Å². The first-order valence-corrected chi connectivity index (χ1v) is 7.75. The average Bonchev–Trinajstić information content (AvgIpc) is 3.00. The number of rotatable bonds is 2. The van der Waals surface area contributed by atoms with Gasteiger partial charge in [-0.25, -0.2) is 0 Å². The predicted molar refractivity (Wildman–Crippen MR) is 89.1 cm³/mol. The second-order valence-electron chi connectivity index (χ2n) is 5.91.